The maximum absolute atomic E-state index is 13.0. The first-order valence-electron chi connectivity index (χ1n) is 11.2. The maximum Gasteiger partial charge on any atom is 0.331 e. The van der Waals surface area contributed by atoms with E-state index in [2.05, 4.69) is 11.4 Å². The average Bonchev–Trinajstić information content (AvgIpc) is 2.87. The predicted octanol–water partition coefficient (Wildman–Crippen LogP) is 3.47. The molecule has 0 fully saturated rings. The quantitative estimate of drug-likeness (QED) is 0.426. The zero-order valence-electron chi connectivity index (χ0n) is 19.2. The number of benzene rings is 3. The molecule has 1 aromatic heterocycles. The SMILES string of the molecule is CCn1c(=O)c2ccccc2n(CC(=O)Nc2ccccc2COc2ccc(CC#N)cc2)c1=O. The summed E-state index contributed by atoms with van der Waals surface area (Å²) < 4.78 is 8.30. The molecular weight excluding hydrogens is 444 g/mol. The first-order chi connectivity index (χ1) is 17.0. The molecule has 3 aromatic carbocycles. The first-order valence-corrected chi connectivity index (χ1v) is 11.2. The van der Waals surface area contributed by atoms with Crippen molar-refractivity contribution in [3.63, 3.8) is 0 Å². The fourth-order valence-corrected chi connectivity index (χ4v) is 3.86. The maximum atomic E-state index is 13.0. The van der Waals surface area contributed by atoms with Crippen LogP contribution >= 0.6 is 0 Å². The number of rotatable bonds is 8. The fraction of sp³-hybridized carbons (Fsp3) is 0.185. The zero-order chi connectivity index (χ0) is 24.8. The van der Waals surface area contributed by atoms with Crippen LogP contribution in [0.15, 0.2) is 82.4 Å². The van der Waals surface area contributed by atoms with E-state index in [1.165, 1.54) is 4.57 Å². The number of carbonyl (C=O) groups excluding carboxylic acids is 1. The monoisotopic (exact) mass is 468 g/mol. The number of fused-ring (bicyclic) bond motifs is 1. The third kappa shape index (κ3) is 5.14. The van der Waals surface area contributed by atoms with Crippen LogP contribution in [0.1, 0.15) is 18.1 Å². The second-order valence-electron chi connectivity index (χ2n) is 7.91. The third-order valence-electron chi connectivity index (χ3n) is 5.64. The number of hydrogen-bond donors (Lipinski definition) is 1. The van der Waals surface area contributed by atoms with E-state index in [9.17, 15) is 14.4 Å². The van der Waals surface area contributed by atoms with Crippen molar-refractivity contribution in [1.82, 2.24) is 9.13 Å². The Morgan fingerprint density at radius 1 is 0.971 bits per heavy atom. The van der Waals surface area contributed by atoms with Crippen LogP contribution in [-0.2, 0) is 30.9 Å². The molecule has 8 heteroatoms. The van der Waals surface area contributed by atoms with Gasteiger partial charge in [-0.05, 0) is 42.8 Å². The Labute approximate surface area is 201 Å². The number of aromatic nitrogens is 2. The highest BCUT2D eigenvalue weighted by atomic mass is 16.5. The smallest absolute Gasteiger partial charge is 0.331 e. The van der Waals surface area contributed by atoms with Gasteiger partial charge in [0.05, 0.1) is 23.4 Å². The van der Waals surface area contributed by atoms with Crippen LogP contribution in [0.5, 0.6) is 5.75 Å². The summed E-state index contributed by atoms with van der Waals surface area (Å²) in [6, 6.07) is 23.4. The van der Waals surface area contributed by atoms with E-state index in [1.807, 2.05) is 24.3 Å². The van der Waals surface area contributed by atoms with Gasteiger partial charge in [0, 0.05) is 17.8 Å². The van der Waals surface area contributed by atoms with E-state index in [4.69, 9.17) is 10.00 Å². The number of ether oxygens (including phenoxy) is 1. The summed E-state index contributed by atoms with van der Waals surface area (Å²) in [6.07, 6.45) is 0.337. The fourth-order valence-electron chi connectivity index (χ4n) is 3.86. The minimum Gasteiger partial charge on any atom is -0.489 e. The van der Waals surface area contributed by atoms with E-state index < -0.39 is 11.6 Å². The van der Waals surface area contributed by atoms with Gasteiger partial charge in [-0.3, -0.25) is 18.7 Å². The van der Waals surface area contributed by atoms with Crippen molar-refractivity contribution in [2.45, 2.75) is 33.0 Å². The summed E-state index contributed by atoms with van der Waals surface area (Å²) >= 11 is 0. The molecule has 0 atom stereocenters. The van der Waals surface area contributed by atoms with E-state index in [1.54, 1.807) is 55.5 Å². The number of amides is 1. The number of para-hydroxylation sites is 2. The van der Waals surface area contributed by atoms with Gasteiger partial charge in [0.15, 0.2) is 0 Å². The predicted molar refractivity (Wildman–Crippen MR) is 133 cm³/mol. The molecule has 1 N–H and O–H groups in total. The van der Waals surface area contributed by atoms with Crippen molar-refractivity contribution in [3.05, 3.63) is 105 Å². The van der Waals surface area contributed by atoms with Crippen LogP contribution in [0.3, 0.4) is 0 Å². The summed E-state index contributed by atoms with van der Waals surface area (Å²) in [7, 11) is 0. The topological polar surface area (TPSA) is 106 Å². The Kier molecular flexibility index (Phi) is 7.07. The van der Waals surface area contributed by atoms with E-state index in [-0.39, 0.29) is 25.3 Å². The van der Waals surface area contributed by atoms with Gasteiger partial charge < -0.3 is 10.1 Å². The molecule has 0 unspecified atom stereocenters. The molecule has 4 rings (SSSR count). The van der Waals surface area contributed by atoms with Crippen molar-refractivity contribution in [2.24, 2.45) is 0 Å². The normalized spacial score (nSPS) is 10.6. The van der Waals surface area contributed by atoms with Gasteiger partial charge in [0.1, 0.15) is 18.9 Å². The second-order valence-corrected chi connectivity index (χ2v) is 7.91. The molecule has 0 radical (unpaired) electrons. The Morgan fingerprint density at radius 2 is 1.69 bits per heavy atom. The van der Waals surface area contributed by atoms with Gasteiger partial charge in [-0.1, -0.05) is 42.5 Å². The lowest BCUT2D eigenvalue weighted by Gasteiger charge is -2.15. The van der Waals surface area contributed by atoms with Crippen LogP contribution in [-0.4, -0.2) is 15.0 Å². The summed E-state index contributed by atoms with van der Waals surface area (Å²) in [5.41, 5.74) is 1.76. The second kappa shape index (κ2) is 10.5. The highest BCUT2D eigenvalue weighted by Crippen LogP contribution is 2.20. The largest absolute Gasteiger partial charge is 0.489 e. The van der Waals surface area contributed by atoms with Crippen molar-refractivity contribution in [2.75, 3.05) is 5.32 Å². The van der Waals surface area contributed by atoms with Crippen molar-refractivity contribution >= 4 is 22.5 Å². The highest BCUT2D eigenvalue weighted by Gasteiger charge is 2.15. The standard InChI is InChI=1S/C27H24N4O4/c1-2-30-26(33)22-8-4-6-10-24(22)31(27(30)34)17-25(32)29-23-9-5-3-7-20(23)18-35-21-13-11-19(12-14-21)15-16-28/h3-14H,2,15,17-18H2,1H3,(H,29,32). The van der Waals surface area contributed by atoms with E-state index >= 15 is 0 Å². The molecule has 1 amide bonds. The third-order valence-corrected chi connectivity index (χ3v) is 5.64. The van der Waals surface area contributed by atoms with Gasteiger partial charge in [-0.15, -0.1) is 0 Å². The Hall–Kier alpha value is -4.64. The Morgan fingerprint density at radius 3 is 2.43 bits per heavy atom. The Balaban J connectivity index is 1.53. The molecule has 0 bridgehead atoms. The highest BCUT2D eigenvalue weighted by molar-refractivity contribution is 5.92. The van der Waals surface area contributed by atoms with Crippen LogP contribution in [0, 0.1) is 11.3 Å². The van der Waals surface area contributed by atoms with Gasteiger partial charge in [-0.25, -0.2) is 4.79 Å². The Bertz CT molecular complexity index is 1530. The lowest BCUT2D eigenvalue weighted by atomic mass is 10.1. The molecule has 176 valence electrons. The first kappa shape index (κ1) is 23.5. The van der Waals surface area contributed by atoms with Gasteiger partial charge in [0.2, 0.25) is 5.91 Å². The number of carbonyl (C=O) groups is 1. The number of nitrogens with zero attached hydrogens (tertiary/aromatic N) is 3. The van der Waals surface area contributed by atoms with Crippen molar-refractivity contribution < 1.29 is 9.53 Å². The molecule has 0 saturated carbocycles. The molecule has 0 spiro atoms. The molecular formula is C27H24N4O4. The zero-order valence-corrected chi connectivity index (χ0v) is 19.2. The molecule has 8 nitrogen and oxygen atoms in total. The van der Waals surface area contributed by atoms with Crippen LogP contribution in [0.25, 0.3) is 10.9 Å². The molecule has 1 heterocycles. The molecule has 0 aliphatic rings. The van der Waals surface area contributed by atoms with Crippen LogP contribution in [0.4, 0.5) is 5.69 Å². The number of nitrogens with one attached hydrogen (secondary N) is 1. The summed E-state index contributed by atoms with van der Waals surface area (Å²) in [6.45, 7) is 1.91. The number of anilines is 1. The van der Waals surface area contributed by atoms with Crippen molar-refractivity contribution in [3.8, 4) is 11.8 Å². The molecule has 0 aliphatic heterocycles. The lowest BCUT2D eigenvalue weighted by molar-refractivity contribution is -0.116. The number of nitriles is 1. The van der Waals surface area contributed by atoms with Crippen molar-refractivity contribution in [1.29, 1.82) is 5.26 Å². The summed E-state index contributed by atoms with van der Waals surface area (Å²) in [5.74, 6) is 0.250. The molecule has 4 aromatic rings. The van der Waals surface area contributed by atoms with E-state index in [0.29, 0.717) is 28.8 Å². The van der Waals surface area contributed by atoms with Gasteiger partial charge in [-0.2, -0.15) is 5.26 Å². The number of hydrogen-bond acceptors (Lipinski definition) is 5. The van der Waals surface area contributed by atoms with E-state index in [0.717, 1.165) is 15.7 Å². The van der Waals surface area contributed by atoms with Gasteiger partial charge >= 0.3 is 5.69 Å². The van der Waals surface area contributed by atoms with Gasteiger partial charge in [0.25, 0.3) is 5.56 Å². The summed E-state index contributed by atoms with van der Waals surface area (Å²) in [4.78, 5) is 38.5. The van der Waals surface area contributed by atoms with Crippen LogP contribution < -0.4 is 21.3 Å². The average molecular weight is 469 g/mol. The lowest BCUT2D eigenvalue weighted by Crippen LogP contribution is -2.41. The summed E-state index contributed by atoms with van der Waals surface area (Å²) in [5, 5.41) is 12.0. The molecule has 0 aliphatic carbocycles. The molecule has 0 saturated heterocycles. The molecule has 35 heavy (non-hydrogen) atoms. The minimum atomic E-state index is -0.525. The van der Waals surface area contributed by atoms with Crippen LogP contribution in [0.2, 0.25) is 0 Å². The minimum absolute atomic E-state index is 0.210.